The molecule has 3 rings (SSSR count). The van der Waals surface area contributed by atoms with Gasteiger partial charge < -0.3 is 24.8 Å². The first-order valence-electron chi connectivity index (χ1n) is 10.8. The van der Waals surface area contributed by atoms with Crippen LogP contribution in [0.5, 0.6) is 5.88 Å². The van der Waals surface area contributed by atoms with Gasteiger partial charge in [0.05, 0.1) is 7.11 Å². The molecule has 9 heteroatoms. The molecule has 9 nitrogen and oxygen atoms in total. The van der Waals surface area contributed by atoms with Crippen LogP contribution in [0.15, 0.2) is 36.5 Å². The maximum absolute atomic E-state index is 13.2. The number of anilines is 2. The molecule has 2 amide bonds. The number of carbonyl (C=O) groups excluding carboxylic acids is 2. The molecule has 1 fully saturated rings. The van der Waals surface area contributed by atoms with E-state index in [1.54, 1.807) is 43.6 Å². The number of piperidine rings is 1. The predicted octanol–water partition coefficient (Wildman–Crippen LogP) is 2.75. The standard InChI is InChI=1S/C23H32N6O3/c1-17(30)18-6-5-7-19(16-18)25-23(31)29(15-14-27(2)3)20-9-12-28(13-10-20)22-24-11-8-21(26-22)32-4/h5-8,11,16,20H,9-10,12-15H2,1-4H3,(H,25,31). The van der Waals surface area contributed by atoms with E-state index in [2.05, 4.69) is 25.1 Å². The number of hydrogen-bond acceptors (Lipinski definition) is 7. The molecule has 2 heterocycles. The Hall–Kier alpha value is -3.20. The summed E-state index contributed by atoms with van der Waals surface area (Å²) in [5.74, 6) is 1.16. The lowest BCUT2D eigenvalue weighted by Gasteiger charge is -2.39. The van der Waals surface area contributed by atoms with Crippen molar-refractivity contribution in [1.29, 1.82) is 0 Å². The zero-order valence-electron chi connectivity index (χ0n) is 19.2. The third-order valence-corrected chi connectivity index (χ3v) is 5.58. The van der Waals surface area contributed by atoms with E-state index >= 15 is 0 Å². The Morgan fingerprint density at radius 3 is 2.59 bits per heavy atom. The summed E-state index contributed by atoms with van der Waals surface area (Å²) >= 11 is 0. The predicted molar refractivity (Wildman–Crippen MR) is 125 cm³/mol. The van der Waals surface area contributed by atoms with Crippen molar-refractivity contribution in [2.75, 3.05) is 57.6 Å². The van der Waals surface area contributed by atoms with Gasteiger partial charge in [0, 0.05) is 55.7 Å². The van der Waals surface area contributed by atoms with Gasteiger partial charge in [-0.2, -0.15) is 4.98 Å². The Morgan fingerprint density at radius 1 is 1.19 bits per heavy atom. The van der Waals surface area contributed by atoms with Crippen LogP contribution < -0.4 is 15.0 Å². The number of rotatable bonds is 8. The van der Waals surface area contributed by atoms with Gasteiger partial charge in [-0.15, -0.1) is 0 Å². The minimum atomic E-state index is -0.149. The van der Waals surface area contributed by atoms with E-state index in [0.29, 0.717) is 29.6 Å². The molecule has 0 bridgehead atoms. The van der Waals surface area contributed by atoms with Crippen molar-refractivity contribution in [1.82, 2.24) is 19.8 Å². The monoisotopic (exact) mass is 440 g/mol. The highest BCUT2D eigenvalue weighted by Crippen LogP contribution is 2.22. The first-order valence-corrected chi connectivity index (χ1v) is 10.8. The van der Waals surface area contributed by atoms with Gasteiger partial charge in [-0.1, -0.05) is 12.1 Å². The van der Waals surface area contributed by atoms with Crippen molar-refractivity contribution < 1.29 is 14.3 Å². The first kappa shape index (κ1) is 23.5. The van der Waals surface area contributed by atoms with Crippen LogP contribution >= 0.6 is 0 Å². The second-order valence-electron chi connectivity index (χ2n) is 8.18. The molecule has 1 aromatic carbocycles. The first-order chi connectivity index (χ1) is 15.4. The zero-order chi connectivity index (χ0) is 23.1. The molecule has 2 aromatic rings. The quantitative estimate of drug-likeness (QED) is 0.631. The molecule has 172 valence electrons. The van der Waals surface area contributed by atoms with E-state index in [1.807, 2.05) is 19.0 Å². The van der Waals surface area contributed by atoms with Crippen LogP contribution in [0.25, 0.3) is 0 Å². The highest BCUT2D eigenvalue weighted by atomic mass is 16.5. The number of benzene rings is 1. The molecule has 1 aliphatic rings. The molecular weight excluding hydrogens is 408 g/mol. The topological polar surface area (TPSA) is 90.9 Å². The fourth-order valence-electron chi connectivity index (χ4n) is 3.74. The van der Waals surface area contributed by atoms with E-state index in [1.165, 1.54) is 6.92 Å². The molecule has 1 aliphatic heterocycles. The number of Topliss-reactive ketones (excluding diaryl/α,β-unsaturated/α-hetero) is 1. The van der Waals surface area contributed by atoms with Gasteiger partial charge in [-0.05, 0) is 46.0 Å². The summed E-state index contributed by atoms with van der Waals surface area (Å²) < 4.78 is 5.21. The van der Waals surface area contributed by atoms with Gasteiger partial charge in [-0.25, -0.2) is 9.78 Å². The minimum Gasteiger partial charge on any atom is -0.481 e. The summed E-state index contributed by atoms with van der Waals surface area (Å²) in [5, 5.41) is 2.98. The fourth-order valence-corrected chi connectivity index (χ4v) is 3.74. The Morgan fingerprint density at radius 2 is 1.94 bits per heavy atom. The maximum Gasteiger partial charge on any atom is 0.322 e. The highest BCUT2D eigenvalue weighted by molar-refractivity contribution is 5.96. The number of urea groups is 1. The average molecular weight is 441 g/mol. The number of methoxy groups -OCH3 is 1. The van der Waals surface area contributed by atoms with Crippen molar-refractivity contribution in [2.24, 2.45) is 0 Å². The molecule has 1 saturated heterocycles. The van der Waals surface area contributed by atoms with Crippen LogP contribution in [0.4, 0.5) is 16.4 Å². The lowest BCUT2D eigenvalue weighted by atomic mass is 10.0. The van der Waals surface area contributed by atoms with E-state index in [4.69, 9.17) is 4.74 Å². The Balaban J connectivity index is 1.68. The highest BCUT2D eigenvalue weighted by Gasteiger charge is 2.29. The van der Waals surface area contributed by atoms with Crippen LogP contribution in [0.2, 0.25) is 0 Å². The SMILES string of the molecule is COc1ccnc(N2CCC(N(CCN(C)C)C(=O)Nc3cccc(C(C)=O)c3)CC2)n1. The molecule has 1 N–H and O–H groups in total. The fraction of sp³-hybridized carbons (Fsp3) is 0.478. The lowest BCUT2D eigenvalue weighted by Crippen LogP contribution is -2.51. The number of nitrogens with zero attached hydrogens (tertiary/aromatic N) is 5. The molecule has 1 aromatic heterocycles. The van der Waals surface area contributed by atoms with Crippen LogP contribution in [-0.2, 0) is 0 Å². The van der Waals surface area contributed by atoms with Crippen molar-refractivity contribution in [3.8, 4) is 5.88 Å². The van der Waals surface area contributed by atoms with Gasteiger partial charge >= 0.3 is 6.03 Å². The number of nitrogens with one attached hydrogen (secondary N) is 1. The van der Waals surface area contributed by atoms with E-state index in [-0.39, 0.29) is 17.9 Å². The summed E-state index contributed by atoms with van der Waals surface area (Å²) in [6, 6.07) is 8.73. The zero-order valence-corrected chi connectivity index (χ0v) is 19.2. The number of aromatic nitrogens is 2. The molecule has 0 spiro atoms. The Bertz CT molecular complexity index is 927. The number of ether oxygens (including phenoxy) is 1. The largest absolute Gasteiger partial charge is 0.481 e. The smallest absolute Gasteiger partial charge is 0.322 e. The van der Waals surface area contributed by atoms with Crippen molar-refractivity contribution >= 4 is 23.5 Å². The molecule has 0 atom stereocenters. The summed E-state index contributed by atoms with van der Waals surface area (Å²) in [5.41, 5.74) is 1.20. The lowest BCUT2D eigenvalue weighted by molar-refractivity contribution is 0.101. The summed E-state index contributed by atoms with van der Waals surface area (Å²) in [7, 11) is 5.58. The van der Waals surface area contributed by atoms with E-state index in [0.717, 1.165) is 32.5 Å². The summed E-state index contributed by atoms with van der Waals surface area (Å²) in [6.45, 7) is 4.41. The van der Waals surface area contributed by atoms with Crippen molar-refractivity contribution in [3.63, 3.8) is 0 Å². The molecule has 0 radical (unpaired) electrons. The molecule has 0 saturated carbocycles. The second kappa shape index (κ2) is 10.9. The number of amides is 2. The normalized spacial score (nSPS) is 14.3. The minimum absolute atomic E-state index is 0.0299. The van der Waals surface area contributed by atoms with Crippen molar-refractivity contribution in [3.05, 3.63) is 42.1 Å². The number of ketones is 1. The molecule has 32 heavy (non-hydrogen) atoms. The number of carbonyl (C=O) groups is 2. The second-order valence-corrected chi connectivity index (χ2v) is 8.18. The molecular formula is C23H32N6O3. The van der Waals surface area contributed by atoms with Gasteiger partial charge in [0.15, 0.2) is 5.78 Å². The van der Waals surface area contributed by atoms with Crippen LogP contribution in [0, 0.1) is 0 Å². The van der Waals surface area contributed by atoms with Crippen molar-refractivity contribution in [2.45, 2.75) is 25.8 Å². The molecule has 0 unspecified atom stereocenters. The van der Waals surface area contributed by atoms with Crippen LogP contribution in [0.1, 0.15) is 30.1 Å². The van der Waals surface area contributed by atoms with Crippen LogP contribution in [-0.4, -0.2) is 85.0 Å². The van der Waals surface area contributed by atoms with Gasteiger partial charge in [-0.3, -0.25) is 4.79 Å². The van der Waals surface area contributed by atoms with Gasteiger partial charge in [0.2, 0.25) is 11.8 Å². The van der Waals surface area contributed by atoms with Gasteiger partial charge in [0.1, 0.15) is 0 Å². The third-order valence-electron chi connectivity index (χ3n) is 5.58. The van der Waals surface area contributed by atoms with E-state index < -0.39 is 0 Å². The third kappa shape index (κ3) is 6.16. The average Bonchev–Trinajstić information content (AvgIpc) is 2.79. The number of hydrogen-bond donors (Lipinski definition) is 1. The van der Waals surface area contributed by atoms with Crippen LogP contribution in [0.3, 0.4) is 0 Å². The van der Waals surface area contributed by atoms with E-state index in [9.17, 15) is 9.59 Å². The Labute approximate surface area is 189 Å². The Kier molecular flexibility index (Phi) is 7.99. The maximum atomic E-state index is 13.2. The summed E-state index contributed by atoms with van der Waals surface area (Å²) in [6.07, 6.45) is 3.32. The van der Waals surface area contributed by atoms with Gasteiger partial charge in [0.25, 0.3) is 0 Å². The summed E-state index contributed by atoms with van der Waals surface area (Å²) in [4.78, 5) is 39.8. The number of likely N-dealkylation sites (N-methyl/N-ethyl adjacent to an activating group) is 1. The molecule has 0 aliphatic carbocycles.